The Kier molecular flexibility index (Phi) is 7.40. The average Bonchev–Trinajstić information content (AvgIpc) is 2.73. The second-order valence-electron chi connectivity index (χ2n) is 6.43. The third-order valence-electron chi connectivity index (χ3n) is 4.27. The Morgan fingerprint density at radius 3 is 2.70 bits per heavy atom. The third kappa shape index (κ3) is 5.35. The number of alkyl halides is 2. The minimum atomic E-state index is -2.99. The first kappa shape index (κ1) is 21.8. The fourth-order valence-corrected chi connectivity index (χ4v) is 3.68. The number of nitrogens with zero attached hydrogens (tertiary/aromatic N) is 2. The summed E-state index contributed by atoms with van der Waals surface area (Å²) < 4.78 is 31.1. The minimum absolute atomic E-state index is 0.0417. The molecule has 0 aliphatic heterocycles. The molecule has 1 amide bonds. The highest BCUT2D eigenvalue weighted by molar-refractivity contribution is 7.99. The maximum Gasteiger partial charge on any atom is 0.387 e. The van der Waals surface area contributed by atoms with Crippen LogP contribution in [-0.4, -0.2) is 27.8 Å². The molecule has 3 aromatic rings. The molecule has 9 heteroatoms. The van der Waals surface area contributed by atoms with Crippen LogP contribution >= 0.6 is 11.8 Å². The van der Waals surface area contributed by atoms with E-state index >= 15 is 0 Å². The Hall–Kier alpha value is -2.94. The van der Waals surface area contributed by atoms with E-state index in [-0.39, 0.29) is 22.7 Å². The third-order valence-corrected chi connectivity index (χ3v) is 5.25. The first-order valence-electron chi connectivity index (χ1n) is 9.45. The maximum atomic E-state index is 12.9. The molecule has 30 heavy (non-hydrogen) atoms. The summed E-state index contributed by atoms with van der Waals surface area (Å²) in [7, 11) is 0. The number of nitrogens with one attached hydrogen (secondary N) is 1. The summed E-state index contributed by atoms with van der Waals surface area (Å²) in [5.74, 6) is -0.579. The zero-order valence-electron chi connectivity index (χ0n) is 16.3. The number of hydrogen-bond donors (Lipinski definition) is 1. The molecule has 0 unspecified atom stereocenters. The molecule has 1 aromatic heterocycles. The van der Waals surface area contributed by atoms with Crippen molar-refractivity contribution >= 4 is 34.3 Å². The normalized spacial score (nSPS) is 11.1. The number of halogens is 2. The summed E-state index contributed by atoms with van der Waals surface area (Å²) in [4.78, 5) is 29.8. The zero-order valence-corrected chi connectivity index (χ0v) is 17.1. The van der Waals surface area contributed by atoms with Gasteiger partial charge in [0, 0.05) is 6.54 Å². The quantitative estimate of drug-likeness (QED) is 0.397. The Balaban J connectivity index is 1.78. The van der Waals surface area contributed by atoms with Crippen molar-refractivity contribution in [1.29, 1.82) is 0 Å². The van der Waals surface area contributed by atoms with Crippen molar-refractivity contribution in [2.75, 3.05) is 11.1 Å². The molecule has 0 saturated carbocycles. The highest BCUT2D eigenvalue weighted by Gasteiger charge is 2.15. The van der Waals surface area contributed by atoms with Crippen LogP contribution in [0.1, 0.15) is 19.8 Å². The van der Waals surface area contributed by atoms with E-state index in [0.29, 0.717) is 22.6 Å². The summed E-state index contributed by atoms with van der Waals surface area (Å²) in [5, 5.41) is 3.54. The predicted molar refractivity (Wildman–Crippen MR) is 113 cm³/mol. The van der Waals surface area contributed by atoms with Gasteiger partial charge in [0.2, 0.25) is 5.91 Å². The lowest BCUT2D eigenvalue weighted by Gasteiger charge is -2.14. The Morgan fingerprint density at radius 1 is 1.20 bits per heavy atom. The summed E-state index contributed by atoms with van der Waals surface area (Å²) in [5.41, 5.74) is 0.569. The van der Waals surface area contributed by atoms with Crippen molar-refractivity contribution in [3.05, 3.63) is 58.9 Å². The number of anilines is 1. The van der Waals surface area contributed by atoms with E-state index in [1.165, 1.54) is 18.2 Å². The van der Waals surface area contributed by atoms with Crippen LogP contribution in [-0.2, 0) is 11.3 Å². The van der Waals surface area contributed by atoms with Crippen LogP contribution < -0.4 is 15.6 Å². The molecule has 0 radical (unpaired) electrons. The van der Waals surface area contributed by atoms with Gasteiger partial charge in [-0.25, -0.2) is 4.98 Å². The van der Waals surface area contributed by atoms with Crippen LogP contribution in [0.5, 0.6) is 5.75 Å². The molecule has 0 aliphatic rings. The Bertz CT molecular complexity index is 1090. The molecule has 0 aliphatic carbocycles. The molecule has 6 nitrogen and oxygen atoms in total. The van der Waals surface area contributed by atoms with Gasteiger partial charge in [0.15, 0.2) is 5.16 Å². The fraction of sp³-hybridized carbons (Fsp3) is 0.286. The van der Waals surface area contributed by atoms with Gasteiger partial charge >= 0.3 is 6.61 Å². The van der Waals surface area contributed by atoms with Crippen molar-refractivity contribution in [2.24, 2.45) is 0 Å². The van der Waals surface area contributed by atoms with Crippen molar-refractivity contribution in [2.45, 2.75) is 38.1 Å². The van der Waals surface area contributed by atoms with Crippen LogP contribution in [0, 0.1) is 0 Å². The molecule has 1 N–H and O–H groups in total. The molecule has 158 valence electrons. The summed E-state index contributed by atoms with van der Waals surface area (Å²) in [6.07, 6.45) is 1.71. The number of thioether (sulfide) groups is 1. The second kappa shape index (κ2) is 10.2. The van der Waals surface area contributed by atoms with Crippen molar-refractivity contribution in [3.63, 3.8) is 0 Å². The van der Waals surface area contributed by atoms with Crippen LogP contribution in [0.2, 0.25) is 0 Å². The Labute approximate surface area is 176 Å². The summed E-state index contributed by atoms with van der Waals surface area (Å²) >= 11 is 1.12. The number of benzene rings is 2. The van der Waals surface area contributed by atoms with E-state index in [1.54, 1.807) is 34.9 Å². The number of unbranched alkanes of at least 4 members (excludes halogenated alkanes) is 1. The Morgan fingerprint density at radius 2 is 1.93 bits per heavy atom. The maximum absolute atomic E-state index is 12.9. The minimum Gasteiger partial charge on any atom is -0.433 e. The van der Waals surface area contributed by atoms with Crippen molar-refractivity contribution in [3.8, 4) is 5.75 Å². The molecule has 1 heterocycles. The number of carbonyl (C=O) groups is 1. The largest absolute Gasteiger partial charge is 0.433 e. The SMILES string of the molecule is CCCCn1c(SCC(=O)Nc2ccccc2OC(F)F)nc2ccccc2c1=O. The van der Waals surface area contributed by atoms with E-state index in [0.717, 1.165) is 24.6 Å². The van der Waals surface area contributed by atoms with Gasteiger partial charge in [-0.1, -0.05) is 49.4 Å². The average molecular weight is 433 g/mol. The van der Waals surface area contributed by atoms with Gasteiger partial charge in [-0.15, -0.1) is 0 Å². The number of amides is 1. The van der Waals surface area contributed by atoms with E-state index in [2.05, 4.69) is 15.0 Å². The van der Waals surface area contributed by atoms with Crippen molar-refractivity contribution in [1.82, 2.24) is 9.55 Å². The smallest absolute Gasteiger partial charge is 0.387 e. The van der Waals surface area contributed by atoms with Crippen LogP contribution in [0.4, 0.5) is 14.5 Å². The number of hydrogen-bond acceptors (Lipinski definition) is 5. The van der Waals surface area contributed by atoms with Gasteiger partial charge in [0.25, 0.3) is 5.56 Å². The lowest BCUT2D eigenvalue weighted by molar-refractivity contribution is -0.113. The molecule has 0 spiro atoms. The van der Waals surface area contributed by atoms with Gasteiger partial charge in [0.1, 0.15) is 5.75 Å². The number of ether oxygens (including phenoxy) is 1. The van der Waals surface area contributed by atoms with Crippen molar-refractivity contribution < 1.29 is 18.3 Å². The predicted octanol–water partition coefficient (Wildman–Crippen LogP) is 4.53. The number of carbonyl (C=O) groups excluding carboxylic acids is 1. The van der Waals surface area contributed by atoms with Gasteiger partial charge in [0.05, 0.1) is 22.3 Å². The lowest BCUT2D eigenvalue weighted by atomic mass is 10.2. The standard InChI is InChI=1S/C21H21F2N3O3S/c1-2-3-12-26-19(28)14-8-4-5-9-15(14)25-21(26)30-13-18(27)24-16-10-6-7-11-17(16)29-20(22)23/h4-11,20H,2-3,12-13H2,1H3,(H,24,27). The van der Waals surface area contributed by atoms with E-state index in [4.69, 9.17) is 0 Å². The second-order valence-corrected chi connectivity index (χ2v) is 7.38. The summed E-state index contributed by atoms with van der Waals surface area (Å²) in [6, 6.07) is 13.0. The topological polar surface area (TPSA) is 73.2 Å². The van der Waals surface area contributed by atoms with E-state index < -0.39 is 12.5 Å². The van der Waals surface area contributed by atoms with Crippen LogP contribution in [0.3, 0.4) is 0 Å². The molecule has 2 aromatic carbocycles. The monoisotopic (exact) mass is 433 g/mol. The number of para-hydroxylation sites is 3. The zero-order chi connectivity index (χ0) is 21.5. The number of aromatic nitrogens is 2. The van der Waals surface area contributed by atoms with Gasteiger partial charge in [-0.2, -0.15) is 8.78 Å². The number of fused-ring (bicyclic) bond motifs is 1. The van der Waals surface area contributed by atoms with E-state index in [1.807, 2.05) is 6.92 Å². The van der Waals surface area contributed by atoms with Crippen LogP contribution in [0.15, 0.2) is 58.5 Å². The van der Waals surface area contributed by atoms with Gasteiger partial charge in [-0.3, -0.25) is 14.2 Å². The molecular weight excluding hydrogens is 412 g/mol. The highest BCUT2D eigenvalue weighted by Crippen LogP contribution is 2.26. The molecular formula is C21H21F2N3O3S. The molecule has 0 saturated heterocycles. The molecule has 0 atom stereocenters. The van der Waals surface area contributed by atoms with Gasteiger partial charge < -0.3 is 10.1 Å². The number of rotatable bonds is 9. The lowest BCUT2D eigenvalue weighted by Crippen LogP contribution is -2.24. The van der Waals surface area contributed by atoms with Gasteiger partial charge in [-0.05, 0) is 30.7 Å². The first-order valence-corrected chi connectivity index (χ1v) is 10.4. The highest BCUT2D eigenvalue weighted by atomic mass is 32.2. The molecule has 0 bridgehead atoms. The molecule has 0 fully saturated rings. The summed E-state index contributed by atoms with van der Waals surface area (Å²) in [6.45, 7) is -0.465. The fourth-order valence-electron chi connectivity index (χ4n) is 2.86. The van der Waals surface area contributed by atoms with E-state index in [9.17, 15) is 18.4 Å². The molecule has 3 rings (SSSR count). The van der Waals surface area contributed by atoms with Crippen LogP contribution in [0.25, 0.3) is 10.9 Å². The first-order chi connectivity index (χ1) is 14.5.